The van der Waals surface area contributed by atoms with Gasteiger partial charge in [-0.25, -0.2) is 4.79 Å². The highest BCUT2D eigenvalue weighted by molar-refractivity contribution is 6.43. The van der Waals surface area contributed by atoms with Crippen LogP contribution in [0, 0.1) is 0 Å². The van der Waals surface area contributed by atoms with Crippen molar-refractivity contribution >= 4 is 40.9 Å². The van der Waals surface area contributed by atoms with E-state index in [1.165, 1.54) is 0 Å². The van der Waals surface area contributed by atoms with Gasteiger partial charge >= 0.3 is 5.97 Å². The zero-order valence-electron chi connectivity index (χ0n) is 13.9. The maximum Gasteiger partial charge on any atom is 0.335 e. The van der Waals surface area contributed by atoms with Crippen LogP contribution in [0.4, 0.5) is 11.8 Å². The molecular weight excluding hydrogens is 417 g/mol. The number of aliphatic hydroxyl groups is 3. The van der Waals surface area contributed by atoms with Crippen molar-refractivity contribution in [3.63, 3.8) is 0 Å². The molecule has 2 heterocycles. The monoisotopic (exact) mass is 431 g/mol. The summed E-state index contributed by atoms with van der Waals surface area (Å²) in [5, 5.41) is 49.3. The average Bonchev–Trinajstić information content (AvgIpc) is 2.65. The van der Waals surface area contributed by atoms with E-state index in [0.29, 0.717) is 5.56 Å². The number of hydrogen-bond acceptors (Lipinski definition) is 10. The molecule has 13 heteroatoms. The van der Waals surface area contributed by atoms with E-state index in [-0.39, 0.29) is 27.5 Å². The first-order valence-electron chi connectivity index (χ1n) is 7.84. The number of anilines is 2. The van der Waals surface area contributed by atoms with Crippen LogP contribution in [-0.2, 0) is 9.53 Å². The number of aromatic nitrogens is 3. The molecule has 0 bridgehead atoms. The summed E-state index contributed by atoms with van der Waals surface area (Å²) in [7, 11) is 0. The van der Waals surface area contributed by atoms with Crippen LogP contribution in [0.1, 0.15) is 0 Å². The number of nitrogen functional groups attached to an aromatic ring is 1. The summed E-state index contributed by atoms with van der Waals surface area (Å²) >= 11 is 12.1. The lowest BCUT2D eigenvalue weighted by Crippen LogP contribution is -2.61. The molecule has 1 saturated heterocycles. The van der Waals surface area contributed by atoms with Crippen molar-refractivity contribution in [3.8, 4) is 11.3 Å². The minimum atomic E-state index is -1.82. The number of rotatable bonds is 4. The largest absolute Gasteiger partial charge is 0.479 e. The van der Waals surface area contributed by atoms with E-state index in [9.17, 15) is 20.1 Å². The average molecular weight is 432 g/mol. The molecule has 28 heavy (non-hydrogen) atoms. The molecule has 0 saturated carbocycles. The van der Waals surface area contributed by atoms with Crippen LogP contribution in [0.25, 0.3) is 11.3 Å². The van der Waals surface area contributed by atoms with Gasteiger partial charge in [-0.1, -0.05) is 35.3 Å². The van der Waals surface area contributed by atoms with Gasteiger partial charge < -0.3 is 36.2 Å². The standard InChI is InChI=1S/C15H15Cl2N5O6/c16-5-3-1-2-4(6(5)17)7-12(18)19-15(22-21-7)20-13-10(25)8(23)9(24)11(28-13)14(26)27/h1-3,8-11,13,23-25H,(H,26,27)(H3,18,19,20,22)/t8-,9-,10+,11-,13+/m0/s1. The quantitative estimate of drug-likeness (QED) is 0.374. The van der Waals surface area contributed by atoms with Gasteiger partial charge in [0.25, 0.3) is 0 Å². The molecule has 5 atom stereocenters. The van der Waals surface area contributed by atoms with E-state index in [0.717, 1.165) is 0 Å². The first-order valence-corrected chi connectivity index (χ1v) is 8.60. The Labute approximate surface area is 167 Å². The predicted molar refractivity (Wildman–Crippen MR) is 97.6 cm³/mol. The number of aliphatic carboxylic acids is 1. The highest BCUT2D eigenvalue weighted by Crippen LogP contribution is 2.34. The second kappa shape index (κ2) is 7.99. The lowest BCUT2D eigenvalue weighted by atomic mass is 9.98. The molecule has 11 nitrogen and oxygen atoms in total. The van der Waals surface area contributed by atoms with E-state index in [2.05, 4.69) is 20.5 Å². The molecule has 1 fully saturated rings. The molecule has 0 radical (unpaired) electrons. The summed E-state index contributed by atoms with van der Waals surface area (Å²) in [4.78, 5) is 15.1. The van der Waals surface area contributed by atoms with E-state index in [4.69, 9.17) is 38.8 Å². The van der Waals surface area contributed by atoms with Gasteiger partial charge in [0.1, 0.15) is 24.0 Å². The minimum Gasteiger partial charge on any atom is -0.479 e. The van der Waals surface area contributed by atoms with E-state index < -0.39 is 36.6 Å². The normalized spacial score (nSPS) is 27.4. The topological polar surface area (TPSA) is 184 Å². The highest BCUT2D eigenvalue weighted by Gasteiger charge is 2.47. The maximum absolute atomic E-state index is 11.1. The molecule has 1 aliphatic rings. The summed E-state index contributed by atoms with van der Waals surface area (Å²) in [6.07, 6.45) is -8.48. The number of ether oxygens (including phenoxy) is 1. The number of carbonyl (C=O) groups is 1. The zero-order valence-corrected chi connectivity index (χ0v) is 15.4. The first kappa shape index (κ1) is 20.5. The van der Waals surface area contributed by atoms with Gasteiger partial charge in [0, 0.05) is 5.56 Å². The molecule has 1 aromatic carbocycles. The van der Waals surface area contributed by atoms with Gasteiger partial charge in [-0.2, -0.15) is 4.98 Å². The molecule has 1 aromatic heterocycles. The smallest absolute Gasteiger partial charge is 0.335 e. The molecular formula is C15H15Cl2N5O6. The number of benzene rings is 1. The van der Waals surface area contributed by atoms with Crippen LogP contribution < -0.4 is 11.1 Å². The van der Waals surface area contributed by atoms with Gasteiger partial charge in [-0.05, 0) is 6.07 Å². The van der Waals surface area contributed by atoms with Gasteiger partial charge in [-0.3, -0.25) is 0 Å². The van der Waals surface area contributed by atoms with Gasteiger partial charge in [0.15, 0.2) is 18.1 Å². The van der Waals surface area contributed by atoms with Crippen molar-refractivity contribution in [2.24, 2.45) is 0 Å². The van der Waals surface area contributed by atoms with Crippen LogP contribution in [0.15, 0.2) is 18.2 Å². The SMILES string of the molecule is Nc1nc(N[C@@H]2O[C@H](C(=O)O)[C@@H](O)[C@H](O)[C@H]2O)nnc1-c1cccc(Cl)c1Cl. The Bertz CT molecular complexity index is 903. The Balaban J connectivity index is 1.84. The lowest BCUT2D eigenvalue weighted by molar-refractivity contribution is -0.221. The van der Waals surface area contributed by atoms with Crippen molar-refractivity contribution in [2.75, 3.05) is 11.1 Å². The number of aliphatic hydroxyl groups excluding tert-OH is 3. The maximum atomic E-state index is 11.1. The second-order valence-corrected chi connectivity index (χ2v) is 6.69. The molecule has 7 N–H and O–H groups in total. The van der Waals surface area contributed by atoms with Crippen LogP contribution in [0.3, 0.4) is 0 Å². The zero-order chi connectivity index (χ0) is 20.6. The third-order valence-electron chi connectivity index (χ3n) is 4.05. The molecule has 3 rings (SSSR count). The highest BCUT2D eigenvalue weighted by atomic mass is 35.5. The number of hydrogen-bond donors (Lipinski definition) is 6. The molecule has 0 amide bonds. The Morgan fingerprint density at radius 2 is 1.86 bits per heavy atom. The number of carboxylic acid groups (broad SMARTS) is 1. The number of nitrogens with one attached hydrogen (secondary N) is 1. The van der Waals surface area contributed by atoms with Gasteiger partial charge in [0.05, 0.1) is 10.0 Å². The summed E-state index contributed by atoms with van der Waals surface area (Å²) < 4.78 is 5.08. The van der Waals surface area contributed by atoms with Gasteiger partial charge in [0.2, 0.25) is 5.95 Å². The number of nitrogens with two attached hydrogens (primary N) is 1. The van der Waals surface area contributed by atoms with E-state index >= 15 is 0 Å². The predicted octanol–water partition coefficient (Wildman–Crippen LogP) is -0.268. The van der Waals surface area contributed by atoms with Crippen LogP contribution in [0.5, 0.6) is 0 Å². The molecule has 150 valence electrons. The fourth-order valence-corrected chi connectivity index (χ4v) is 3.00. The minimum absolute atomic E-state index is 0.0812. The summed E-state index contributed by atoms with van der Waals surface area (Å²) in [6, 6.07) is 4.84. The van der Waals surface area contributed by atoms with E-state index in [1.54, 1.807) is 18.2 Å². The lowest BCUT2D eigenvalue weighted by Gasteiger charge is -2.38. The first-order chi connectivity index (χ1) is 13.2. The molecule has 0 unspecified atom stereocenters. The van der Waals surface area contributed by atoms with Crippen molar-refractivity contribution in [2.45, 2.75) is 30.6 Å². The van der Waals surface area contributed by atoms with E-state index in [1.807, 2.05) is 0 Å². The van der Waals surface area contributed by atoms with Crippen molar-refractivity contribution in [3.05, 3.63) is 28.2 Å². The fourth-order valence-electron chi connectivity index (χ4n) is 2.61. The molecule has 0 spiro atoms. The van der Waals surface area contributed by atoms with Crippen molar-refractivity contribution < 1.29 is 30.0 Å². The Morgan fingerprint density at radius 3 is 2.50 bits per heavy atom. The Kier molecular flexibility index (Phi) is 5.84. The fraction of sp³-hybridized carbons (Fsp3) is 0.333. The second-order valence-electron chi connectivity index (χ2n) is 5.90. The Hall–Kier alpha value is -2.28. The van der Waals surface area contributed by atoms with Gasteiger partial charge in [-0.15, -0.1) is 10.2 Å². The molecule has 2 aromatic rings. The summed E-state index contributed by atoms with van der Waals surface area (Å²) in [5.41, 5.74) is 6.45. The summed E-state index contributed by atoms with van der Waals surface area (Å²) in [5.74, 6) is -1.81. The summed E-state index contributed by atoms with van der Waals surface area (Å²) in [6.45, 7) is 0. The van der Waals surface area contributed by atoms with Crippen molar-refractivity contribution in [1.29, 1.82) is 0 Å². The third kappa shape index (κ3) is 3.81. The number of halogens is 2. The van der Waals surface area contributed by atoms with Crippen molar-refractivity contribution in [1.82, 2.24) is 15.2 Å². The number of carboxylic acids is 1. The molecule has 0 aliphatic carbocycles. The van der Waals surface area contributed by atoms with Crippen LogP contribution in [0.2, 0.25) is 10.0 Å². The third-order valence-corrected chi connectivity index (χ3v) is 4.87. The number of nitrogens with zero attached hydrogens (tertiary/aromatic N) is 3. The molecule has 1 aliphatic heterocycles. The van der Waals surface area contributed by atoms with Crippen LogP contribution >= 0.6 is 23.2 Å². The Morgan fingerprint density at radius 1 is 1.14 bits per heavy atom. The van der Waals surface area contributed by atoms with Crippen LogP contribution in [-0.4, -0.2) is 72.2 Å².